The van der Waals surface area contributed by atoms with E-state index in [0.29, 0.717) is 43.1 Å². The van der Waals surface area contributed by atoms with Crippen molar-refractivity contribution in [1.82, 2.24) is 9.80 Å². The number of hydrogen-bond donors (Lipinski definition) is 0. The Morgan fingerprint density at radius 3 is 2.15 bits per heavy atom. The minimum Gasteiger partial charge on any atom is -0.496 e. The number of carbonyl (C=O) groups is 2. The fourth-order valence-corrected chi connectivity index (χ4v) is 3.09. The highest BCUT2D eigenvalue weighted by Crippen LogP contribution is 2.21. The second-order valence-electron chi connectivity index (χ2n) is 6.31. The van der Waals surface area contributed by atoms with Gasteiger partial charge in [-0.05, 0) is 42.5 Å². The summed E-state index contributed by atoms with van der Waals surface area (Å²) in [5.41, 5.74) is 0.910. The number of nitrogens with zero attached hydrogens (tertiary/aromatic N) is 2. The van der Waals surface area contributed by atoms with Crippen LogP contribution in [0.5, 0.6) is 5.75 Å². The maximum absolute atomic E-state index is 13.5. The van der Waals surface area contributed by atoms with Gasteiger partial charge in [-0.2, -0.15) is 0 Å². The predicted octanol–water partition coefficient (Wildman–Crippen LogP) is 2.50. The van der Waals surface area contributed by atoms with Crippen LogP contribution in [0.4, 0.5) is 8.78 Å². The molecule has 0 radical (unpaired) electrons. The molecule has 0 N–H and O–H groups in total. The van der Waals surface area contributed by atoms with Gasteiger partial charge in [0.05, 0.1) is 13.5 Å². The van der Waals surface area contributed by atoms with Gasteiger partial charge in [-0.3, -0.25) is 9.59 Å². The van der Waals surface area contributed by atoms with Crippen molar-refractivity contribution in [2.45, 2.75) is 6.42 Å². The first-order chi connectivity index (χ1) is 13.0. The Kier molecular flexibility index (Phi) is 5.69. The number of piperazine rings is 1. The van der Waals surface area contributed by atoms with Crippen molar-refractivity contribution >= 4 is 11.8 Å². The average molecular weight is 374 g/mol. The SMILES string of the molecule is COc1ccc(F)cc1CC(=O)N1CCN(C(=O)c2ccc(F)cc2)CC1. The molecule has 5 nitrogen and oxygen atoms in total. The predicted molar refractivity (Wildman–Crippen MR) is 95.5 cm³/mol. The summed E-state index contributed by atoms with van der Waals surface area (Å²) in [6.45, 7) is 1.57. The molecule has 1 aliphatic heterocycles. The first-order valence-corrected chi connectivity index (χ1v) is 8.63. The molecule has 142 valence electrons. The molecule has 0 aliphatic carbocycles. The molecule has 7 heteroatoms. The lowest BCUT2D eigenvalue weighted by Gasteiger charge is -2.35. The summed E-state index contributed by atoms with van der Waals surface area (Å²) in [6.07, 6.45) is 0.0346. The standard InChI is InChI=1S/C20H20F2N2O3/c1-27-18-7-6-17(22)12-15(18)13-19(25)23-8-10-24(11-9-23)20(26)14-2-4-16(21)5-3-14/h2-7,12H,8-11,13H2,1H3. The van der Waals surface area contributed by atoms with Crippen LogP contribution in [0.1, 0.15) is 15.9 Å². The smallest absolute Gasteiger partial charge is 0.253 e. The Morgan fingerprint density at radius 2 is 1.52 bits per heavy atom. The molecule has 0 atom stereocenters. The van der Waals surface area contributed by atoms with E-state index in [1.807, 2.05) is 0 Å². The van der Waals surface area contributed by atoms with Crippen molar-refractivity contribution < 1.29 is 23.1 Å². The van der Waals surface area contributed by atoms with Crippen molar-refractivity contribution in [2.24, 2.45) is 0 Å². The summed E-state index contributed by atoms with van der Waals surface area (Å²) in [7, 11) is 1.47. The summed E-state index contributed by atoms with van der Waals surface area (Å²) < 4.78 is 31.6. The van der Waals surface area contributed by atoms with E-state index >= 15 is 0 Å². The molecule has 2 aromatic rings. The van der Waals surface area contributed by atoms with Crippen molar-refractivity contribution in [2.75, 3.05) is 33.3 Å². The molecule has 27 heavy (non-hydrogen) atoms. The van der Waals surface area contributed by atoms with Crippen LogP contribution >= 0.6 is 0 Å². The zero-order valence-electron chi connectivity index (χ0n) is 15.0. The van der Waals surface area contributed by atoms with E-state index in [4.69, 9.17) is 4.74 Å². The van der Waals surface area contributed by atoms with Crippen molar-refractivity contribution in [3.8, 4) is 5.75 Å². The van der Waals surface area contributed by atoms with E-state index in [9.17, 15) is 18.4 Å². The molecule has 3 rings (SSSR count). The van der Waals surface area contributed by atoms with Gasteiger partial charge in [-0.1, -0.05) is 0 Å². The molecule has 1 heterocycles. The minimum atomic E-state index is -0.423. The Bertz CT molecular complexity index is 832. The van der Waals surface area contributed by atoms with E-state index in [-0.39, 0.29) is 18.2 Å². The number of amides is 2. The largest absolute Gasteiger partial charge is 0.496 e. The third-order valence-corrected chi connectivity index (χ3v) is 4.59. The molecular formula is C20H20F2N2O3. The minimum absolute atomic E-state index is 0.0346. The second-order valence-corrected chi connectivity index (χ2v) is 6.31. The topological polar surface area (TPSA) is 49.9 Å². The third kappa shape index (κ3) is 4.42. The van der Waals surface area contributed by atoms with Crippen LogP contribution < -0.4 is 4.74 Å². The van der Waals surface area contributed by atoms with E-state index < -0.39 is 11.6 Å². The molecule has 1 saturated heterocycles. The van der Waals surface area contributed by atoms with Crippen molar-refractivity contribution in [3.63, 3.8) is 0 Å². The Balaban J connectivity index is 1.59. The van der Waals surface area contributed by atoms with Crippen LogP contribution in [-0.2, 0) is 11.2 Å². The lowest BCUT2D eigenvalue weighted by Crippen LogP contribution is -2.51. The van der Waals surface area contributed by atoms with Crippen molar-refractivity contribution in [3.05, 3.63) is 65.2 Å². The third-order valence-electron chi connectivity index (χ3n) is 4.59. The fourth-order valence-electron chi connectivity index (χ4n) is 3.09. The van der Waals surface area contributed by atoms with Crippen LogP contribution in [0.3, 0.4) is 0 Å². The normalized spacial score (nSPS) is 14.2. The van der Waals surface area contributed by atoms with Crippen LogP contribution in [-0.4, -0.2) is 54.9 Å². The summed E-state index contributed by atoms with van der Waals surface area (Å²) >= 11 is 0. The van der Waals surface area contributed by atoms with E-state index in [1.54, 1.807) is 9.80 Å². The van der Waals surface area contributed by atoms with Crippen LogP contribution in [0.15, 0.2) is 42.5 Å². The zero-order chi connectivity index (χ0) is 19.4. The lowest BCUT2D eigenvalue weighted by molar-refractivity contribution is -0.131. The number of rotatable bonds is 4. The molecule has 0 aromatic heterocycles. The highest BCUT2D eigenvalue weighted by Gasteiger charge is 2.25. The average Bonchev–Trinajstić information content (AvgIpc) is 2.68. The maximum Gasteiger partial charge on any atom is 0.253 e. The first-order valence-electron chi connectivity index (χ1n) is 8.63. The molecule has 0 bridgehead atoms. The monoisotopic (exact) mass is 374 g/mol. The number of ether oxygens (including phenoxy) is 1. The lowest BCUT2D eigenvalue weighted by atomic mass is 10.1. The van der Waals surface area contributed by atoms with E-state index in [0.717, 1.165) is 0 Å². The summed E-state index contributed by atoms with van der Waals surface area (Å²) in [5.74, 6) is -0.681. The molecule has 0 spiro atoms. The van der Waals surface area contributed by atoms with Gasteiger partial charge in [0.1, 0.15) is 17.4 Å². The van der Waals surface area contributed by atoms with Gasteiger partial charge in [0.15, 0.2) is 0 Å². The van der Waals surface area contributed by atoms with Gasteiger partial charge < -0.3 is 14.5 Å². The zero-order valence-corrected chi connectivity index (χ0v) is 15.0. The van der Waals surface area contributed by atoms with Crippen LogP contribution in [0.25, 0.3) is 0 Å². The van der Waals surface area contributed by atoms with Gasteiger partial charge in [-0.15, -0.1) is 0 Å². The number of benzene rings is 2. The molecular weight excluding hydrogens is 354 g/mol. The van der Waals surface area contributed by atoms with Crippen LogP contribution in [0.2, 0.25) is 0 Å². The number of carbonyl (C=O) groups excluding carboxylic acids is 2. The molecule has 2 aromatic carbocycles. The summed E-state index contributed by atoms with van der Waals surface area (Å²) in [6, 6.07) is 9.48. The van der Waals surface area contributed by atoms with Crippen LogP contribution in [0, 0.1) is 11.6 Å². The van der Waals surface area contributed by atoms with Gasteiger partial charge >= 0.3 is 0 Å². The fraction of sp³-hybridized carbons (Fsp3) is 0.300. The highest BCUT2D eigenvalue weighted by molar-refractivity contribution is 5.94. The van der Waals surface area contributed by atoms with Gasteiger partial charge in [0, 0.05) is 37.3 Å². The Labute approximate surface area is 156 Å². The summed E-state index contributed by atoms with van der Waals surface area (Å²) in [4.78, 5) is 28.3. The van der Waals surface area contributed by atoms with Gasteiger partial charge in [-0.25, -0.2) is 8.78 Å². The molecule has 1 aliphatic rings. The number of hydrogen-bond acceptors (Lipinski definition) is 3. The maximum atomic E-state index is 13.5. The number of methoxy groups -OCH3 is 1. The molecule has 0 unspecified atom stereocenters. The quantitative estimate of drug-likeness (QED) is 0.826. The molecule has 0 saturated carbocycles. The van der Waals surface area contributed by atoms with Gasteiger partial charge in [0.25, 0.3) is 5.91 Å². The first kappa shape index (κ1) is 18.8. The van der Waals surface area contributed by atoms with E-state index in [1.165, 1.54) is 49.6 Å². The van der Waals surface area contributed by atoms with E-state index in [2.05, 4.69) is 0 Å². The second kappa shape index (κ2) is 8.16. The molecule has 2 amide bonds. The van der Waals surface area contributed by atoms with Gasteiger partial charge in [0.2, 0.25) is 5.91 Å². The van der Waals surface area contributed by atoms with Crippen molar-refractivity contribution in [1.29, 1.82) is 0 Å². The number of halogens is 2. The summed E-state index contributed by atoms with van der Waals surface area (Å²) in [5, 5.41) is 0. The Hall–Kier alpha value is -2.96. The Morgan fingerprint density at radius 1 is 0.926 bits per heavy atom. The molecule has 1 fully saturated rings. The highest BCUT2D eigenvalue weighted by atomic mass is 19.1.